The van der Waals surface area contributed by atoms with Crippen molar-refractivity contribution in [1.82, 2.24) is 5.32 Å². The van der Waals surface area contributed by atoms with Crippen LogP contribution in [-0.4, -0.2) is 0 Å². The van der Waals surface area contributed by atoms with E-state index in [1.807, 2.05) is 12.1 Å². The fourth-order valence-electron chi connectivity index (χ4n) is 1.37. The van der Waals surface area contributed by atoms with E-state index in [2.05, 4.69) is 50.2 Å². The van der Waals surface area contributed by atoms with Gasteiger partial charge in [0, 0.05) is 15.9 Å². The highest BCUT2D eigenvalue weighted by atomic mass is 79.9. The molecular formula is C11H11Br2NOS. The number of hydrogen-bond acceptors (Lipinski definition) is 3. The Morgan fingerprint density at radius 3 is 2.88 bits per heavy atom. The van der Waals surface area contributed by atoms with Gasteiger partial charge in [-0.1, -0.05) is 0 Å². The number of thiophene rings is 1. The van der Waals surface area contributed by atoms with Gasteiger partial charge in [-0.2, -0.15) is 0 Å². The molecular weight excluding hydrogens is 354 g/mol. The van der Waals surface area contributed by atoms with Crippen molar-refractivity contribution >= 4 is 43.2 Å². The minimum Gasteiger partial charge on any atom is -0.468 e. The van der Waals surface area contributed by atoms with Crippen LogP contribution in [0.15, 0.2) is 37.1 Å². The molecule has 1 atom stereocenters. The van der Waals surface area contributed by atoms with Gasteiger partial charge in [0.15, 0.2) is 0 Å². The number of rotatable bonds is 4. The maximum absolute atomic E-state index is 5.34. The van der Waals surface area contributed by atoms with Gasteiger partial charge in [-0.15, -0.1) is 11.3 Å². The van der Waals surface area contributed by atoms with Gasteiger partial charge >= 0.3 is 0 Å². The van der Waals surface area contributed by atoms with Crippen LogP contribution in [-0.2, 0) is 6.54 Å². The molecule has 2 rings (SSSR count). The Hall–Kier alpha value is -0.100. The van der Waals surface area contributed by atoms with Crippen molar-refractivity contribution in [2.75, 3.05) is 0 Å². The highest BCUT2D eigenvalue weighted by Gasteiger charge is 2.09. The molecule has 0 aliphatic rings. The third-order valence-electron chi connectivity index (χ3n) is 2.25. The van der Waals surface area contributed by atoms with Crippen LogP contribution in [0.3, 0.4) is 0 Å². The number of halogens is 2. The standard InChI is InChI=1S/C11H11Br2NOS/c1-7(10-3-2-4-15-10)14-6-8-5-9(12)11(13)16-8/h2-5,7,14H,6H2,1H3/t7-/m0/s1. The summed E-state index contributed by atoms with van der Waals surface area (Å²) in [5, 5.41) is 3.42. The second kappa shape index (κ2) is 5.49. The van der Waals surface area contributed by atoms with Crippen molar-refractivity contribution in [2.24, 2.45) is 0 Å². The van der Waals surface area contributed by atoms with Gasteiger partial charge in [0.2, 0.25) is 0 Å². The highest BCUT2D eigenvalue weighted by molar-refractivity contribution is 9.13. The maximum Gasteiger partial charge on any atom is 0.120 e. The molecule has 1 N–H and O–H groups in total. The van der Waals surface area contributed by atoms with E-state index < -0.39 is 0 Å². The van der Waals surface area contributed by atoms with Crippen molar-refractivity contribution < 1.29 is 4.42 Å². The van der Waals surface area contributed by atoms with Gasteiger partial charge in [-0.3, -0.25) is 0 Å². The first-order valence-corrected chi connectivity index (χ1v) is 7.27. The molecule has 2 nitrogen and oxygen atoms in total. The quantitative estimate of drug-likeness (QED) is 0.849. The van der Waals surface area contributed by atoms with Crippen molar-refractivity contribution in [3.63, 3.8) is 0 Å². The number of nitrogens with one attached hydrogen (secondary N) is 1. The van der Waals surface area contributed by atoms with Crippen LogP contribution < -0.4 is 5.32 Å². The Balaban J connectivity index is 1.92. The molecule has 0 aliphatic carbocycles. The maximum atomic E-state index is 5.34. The van der Waals surface area contributed by atoms with Crippen LogP contribution in [0.2, 0.25) is 0 Å². The first-order chi connectivity index (χ1) is 7.66. The summed E-state index contributed by atoms with van der Waals surface area (Å²) in [6.07, 6.45) is 1.70. The first kappa shape index (κ1) is 12.4. The summed E-state index contributed by atoms with van der Waals surface area (Å²) in [5.74, 6) is 0.967. The van der Waals surface area contributed by atoms with Gasteiger partial charge in [0.1, 0.15) is 5.76 Å². The molecule has 86 valence electrons. The average molecular weight is 365 g/mol. The van der Waals surface area contributed by atoms with Gasteiger partial charge in [0.05, 0.1) is 16.1 Å². The number of hydrogen-bond donors (Lipinski definition) is 1. The van der Waals surface area contributed by atoms with Crippen LogP contribution in [0.1, 0.15) is 23.6 Å². The second-order valence-electron chi connectivity index (χ2n) is 3.45. The highest BCUT2D eigenvalue weighted by Crippen LogP contribution is 2.32. The monoisotopic (exact) mass is 363 g/mol. The molecule has 2 aromatic rings. The molecule has 0 spiro atoms. The average Bonchev–Trinajstić information content (AvgIpc) is 2.86. The minimum atomic E-state index is 0.231. The lowest BCUT2D eigenvalue weighted by molar-refractivity contribution is 0.431. The molecule has 5 heteroatoms. The van der Waals surface area contributed by atoms with E-state index in [9.17, 15) is 0 Å². The molecule has 2 heterocycles. The van der Waals surface area contributed by atoms with Crippen LogP contribution in [0.4, 0.5) is 0 Å². The Bertz CT molecular complexity index is 433. The molecule has 0 fully saturated rings. The summed E-state index contributed by atoms with van der Waals surface area (Å²) in [6.45, 7) is 2.94. The zero-order valence-corrected chi connectivity index (χ0v) is 12.7. The Kier molecular flexibility index (Phi) is 4.24. The molecule has 0 saturated heterocycles. The SMILES string of the molecule is C[C@H](NCc1cc(Br)c(Br)s1)c1ccco1. The first-order valence-electron chi connectivity index (χ1n) is 4.87. The van der Waals surface area contributed by atoms with Gasteiger partial charge in [0.25, 0.3) is 0 Å². The molecule has 2 aromatic heterocycles. The van der Waals surface area contributed by atoms with Crippen molar-refractivity contribution in [2.45, 2.75) is 19.5 Å². The fraction of sp³-hybridized carbons (Fsp3) is 0.273. The van der Waals surface area contributed by atoms with E-state index in [-0.39, 0.29) is 6.04 Å². The molecule has 0 bridgehead atoms. The molecule has 0 unspecified atom stereocenters. The van der Waals surface area contributed by atoms with E-state index in [4.69, 9.17) is 4.42 Å². The molecule has 0 saturated carbocycles. The predicted octanol–water partition coefficient (Wildman–Crippen LogP) is 4.72. The largest absolute Gasteiger partial charge is 0.468 e. The summed E-state index contributed by atoms with van der Waals surface area (Å²) in [5.41, 5.74) is 0. The van der Waals surface area contributed by atoms with E-state index in [1.54, 1.807) is 17.6 Å². The zero-order valence-electron chi connectivity index (χ0n) is 8.67. The number of furan rings is 1. The molecule has 0 aromatic carbocycles. The second-order valence-corrected chi connectivity index (χ2v) is 6.76. The normalized spacial score (nSPS) is 12.9. The van der Waals surface area contributed by atoms with E-state index in [0.29, 0.717) is 0 Å². The van der Waals surface area contributed by atoms with Gasteiger partial charge in [-0.05, 0) is 57.0 Å². The van der Waals surface area contributed by atoms with Crippen molar-refractivity contribution in [3.8, 4) is 0 Å². The van der Waals surface area contributed by atoms with Crippen molar-refractivity contribution in [1.29, 1.82) is 0 Å². The molecule has 0 radical (unpaired) electrons. The van der Waals surface area contributed by atoms with Crippen molar-refractivity contribution in [3.05, 3.63) is 43.4 Å². The van der Waals surface area contributed by atoms with Gasteiger partial charge < -0.3 is 9.73 Å². The summed E-state index contributed by atoms with van der Waals surface area (Å²) in [6, 6.07) is 6.25. The predicted molar refractivity (Wildman–Crippen MR) is 73.7 cm³/mol. The molecule has 0 amide bonds. The molecule has 0 aliphatic heterocycles. The lowest BCUT2D eigenvalue weighted by atomic mass is 10.2. The lowest BCUT2D eigenvalue weighted by Crippen LogP contribution is -2.16. The summed E-state index contributed by atoms with van der Waals surface area (Å²) in [7, 11) is 0. The van der Waals surface area contributed by atoms with E-state index in [1.165, 1.54) is 4.88 Å². The minimum absolute atomic E-state index is 0.231. The van der Waals surface area contributed by atoms with Crippen LogP contribution in [0.5, 0.6) is 0 Å². The van der Waals surface area contributed by atoms with E-state index in [0.717, 1.165) is 20.6 Å². The topological polar surface area (TPSA) is 25.2 Å². The summed E-state index contributed by atoms with van der Waals surface area (Å²) in [4.78, 5) is 1.29. The zero-order chi connectivity index (χ0) is 11.5. The third kappa shape index (κ3) is 2.97. The Morgan fingerprint density at radius 1 is 1.50 bits per heavy atom. The smallest absolute Gasteiger partial charge is 0.120 e. The van der Waals surface area contributed by atoms with E-state index >= 15 is 0 Å². The lowest BCUT2D eigenvalue weighted by Gasteiger charge is -2.09. The van der Waals surface area contributed by atoms with Crippen LogP contribution in [0.25, 0.3) is 0 Å². The fourth-order valence-corrected chi connectivity index (χ4v) is 3.50. The van der Waals surface area contributed by atoms with Gasteiger partial charge in [-0.25, -0.2) is 0 Å². The Morgan fingerprint density at radius 2 is 2.31 bits per heavy atom. The third-order valence-corrected chi connectivity index (χ3v) is 5.50. The summed E-state index contributed by atoms with van der Waals surface area (Å²) >= 11 is 8.70. The van der Waals surface area contributed by atoms with Crippen LogP contribution >= 0.6 is 43.2 Å². The molecule has 16 heavy (non-hydrogen) atoms. The van der Waals surface area contributed by atoms with Crippen LogP contribution in [0, 0.1) is 0 Å². The Labute approximate surface area is 115 Å². The summed E-state index contributed by atoms with van der Waals surface area (Å²) < 4.78 is 7.58.